The lowest BCUT2D eigenvalue weighted by Crippen LogP contribution is -1.97. The zero-order chi connectivity index (χ0) is 13.3. The summed E-state index contributed by atoms with van der Waals surface area (Å²) in [5, 5.41) is 4.02. The van der Waals surface area contributed by atoms with Crippen LogP contribution >= 0.6 is 11.6 Å². The van der Waals surface area contributed by atoms with E-state index in [0.29, 0.717) is 16.3 Å². The minimum Gasteiger partial charge on any atom is -0.380 e. The van der Waals surface area contributed by atoms with Crippen molar-refractivity contribution in [2.24, 2.45) is 0 Å². The fraction of sp³-hybridized carbons (Fsp3) is 0.308. The first-order valence-electron chi connectivity index (χ1n) is 5.75. The van der Waals surface area contributed by atoms with E-state index in [2.05, 4.69) is 5.16 Å². The maximum atomic E-state index is 13.9. The summed E-state index contributed by atoms with van der Waals surface area (Å²) in [7, 11) is 0. The molecule has 5 heteroatoms. The predicted octanol–water partition coefficient (Wildman–Crippen LogP) is 4.23. The molecule has 3 nitrogen and oxygen atoms in total. The minimum absolute atomic E-state index is 0.0977. The third kappa shape index (κ3) is 2.08. The molecule has 1 aromatic carbocycles. The average Bonchev–Trinajstić information content (AvgIpc) is 2.71. The van der Waals surface area contributed by atoms with Crippen molar-refractivity contribution in [3.8, 4) is 11.1 Å². The van der Waals surface area contributed by atoms with Crippen molar-refractivity contribution in [3.05, 3.63) is 34.8 Å². The Kier molecular flexibility index (Phi) is 3.57. The van der Waals surface area contributed by atoms with Gasteiger partial charge in [-0.3, -0.25) is 0 Å². The van der Waals surface area contributed by atoms with Crippen molar-refractivity contribution in [2.75, 3.05) is 5.73 Å². The van der Waals surface area contributed by atoms with Crippen LogP contribution in [0, 0.1) is 5.82 Å². The van der Waals surface area contributed by atoms with E-state index in [1.807, 2.05) is 13.8 Å². The summed E-state index contributed by atoms with van der Waals surface area (Å²) in [6, 6.07) is 4.51. The highest BCUT2D eigenvalue weighted by Crippen LogP contribution is 2.40. The number of benzene rings is 1. The van der Waals surface area contributed by atoms with Gasteiger partial charge in [0.1, 0.15) is 11.6 Å². The molecule has 0 bridgehead atoms. The molecule has 0 radical (unpaired) electrons. The number of rotatable bonds is 3. The van der Waals surface area contributed by atoms with Crippen LogP contribution in [0.4, 0.5) is 10.2 Å². The SMILES string of the molecule is CCC(C)c1onc(N)c1-c1c(F)cccc1Cl. The lowest BCUT2D eigenvalue weighted by Gasteiger charge is -2.09. The number of aromatic nitrogens is 1. The third-order valence-electron chi connectivity index (χ3n) is 3.02. The largest absolute Gasteiger partial charge is 0.380 e. The summed E-state index contributed by atoms with van der Waals surface area (Å²) in [5.74, 6) is 0.404. The van der Waals surface area contributed by atoms with Gasteiger partial charge in [0.15, 0.2) is 5.82 Å². The van der Waals surface area contributed by atoms with Crippen molar-refractivity contribution in [2.45, 2.75) is 26.2 Å². The van der Waals surface area contributed by atoms with Crippen LogP contribution in [-0.4, -0.2) is 5.16 Å². The first-order chi connectivity index (χ1) is 8.56. The van der Waals surface area contributed by atoms with Crippen LogP contribution < -0.4 is 5.73 Å². The number of halogens is 2. The molecule has 2 rings (SSSR count). The van der Waals surface area contributed by atoms with Crippen molar-refractivity contribution < 1.29 is 8.91 Å². The zero-order valence-electron chi connectivity index (χ0n) is 10.2. The highest BCUT2D eigenvalue weighted by molar-refractivity contribution is 6.33. The number of nitrogen functional groups attached to an aromatic ring is 1. The summed E-state index contributed by atoms with van der Waals surface area (Å²) in [6.07, 6.45) is 0.841. The van der Waals surface area contributed by atoms with Crippen molar-refractivity contribution >= 4 is 17.4 Å². The monoisotopic (exact) mass is 268 g/mol. The first kappa shape index (κ1) is 12.9. The molecule has 0 aliphatic rings. The van der Waals surface area contributed by atoms with Crippen LogP contribution in [0.25, 0.3) is 11.1 Å². The van der Waals surface area contributed by atoms with E-state index in [9.17, 15) is 4.39 Å². The Bertz CT molecular complexity index is 548. The molecule has 0 fully saturated rings. The molecule has 0 spiro atoms. The quantitative estimate of drug-likeness (QED) is 0.906. The lowest BCUT2D eigenvalue weighted by molar-refractivity contribution is 0.366. The Morgan fingerprint density at radius 2 is 2.17 bits per heavy atom. The molecule has 0 amide bonds. The normalized spacial score (nSPS) is 12.7. The summed E-state index contributed by atoms with van der Waals surface area (Å²) < 4.78 is 19.1. The van der Waals surface area contributed by atoms with Gasteiger partial charge in [-0.2, -0.15) is 0 Å². The zero-order valence-corrected chi connectivity index (χ0v) is 11.0. The molecule has 0 saturated carbocycles. The van der Waals surface area contributed by atoms with Crippen molar-refractivity contribution in [3.63, 3.8) is 0 Å². The second-order valence-corrected chi connectivity index (χ2v) is 4.62. The Hall–Kier alpha value is -1.55. The van der Waals surface area contributed by atoms with Crippen LogP contribution in [-0.2, 0) is 0 Å². The van der Waals surface area contributed by atoms with E-state index in [1.54, 1.807) is 12.1 Å². The number of nitrogens with two attached hydrogens (primary N) is 1. The molecule has 2 aromatic rings. The van der Waals surface area contributed by atoms with Gasteiger partial charge in [0.25, 0.3) is 0 Å². The second kappa shape index (κ2) is 4.98. The fourth-order valence-electron chi connectivity index (χ4n) is 1.83. The van der Waals surface area contributed by atoms with Crippen LogP contribution in [0.1, 0.15) is 31.9 Å². The van der Waals surface area contributed by atoms with E-state index >= 15 is 0 Å². The highest BCUT2D eigenvalue weighted by atomic mass is 35.5. The first-order valence-corrected chi connectivity index (χ1v) is 6.13. The number of nitrogens with zero attached hydrogens (tertiary/aromatic N) is 1. The molecule has 0 saturated heterocycles. The summed E-state index contributed by atoms with van der Waals surface area (Å²) >= 11 is 6.05. The molecule has 96 valence electrons. The molecule has 1 heterocycles. The van der Waals surface area contributed by atoms with Crippen molar-refractivity contribution in [1.29, 1.82) is 0 Å². The number of hydrogen-bond donors (Lipinski definition) is 1. The van der Waals surface area contributed by atoms with Gasteiger partial charge in [-0.05, 0) is 18.6 Å². The molecular weight excluding hydrogens is 255 g/mol. The van der Waals surface area contributed by atoms with Gasteiger partial charge in [-0.1, -0.05) is 36.7 Å². The van der Waals surface area contributed by atoms with Gasteiger partial charge >= 0.3 is 0 Å². The second-order valence-electron chi connectivity index (χ2n) is 4.21. The summed E-state index contributed by atoms with van der Waals surface area (Å²) in [5.41, 5.74) is 6.50. The molecule has 1 unspecified atom stereocenters. The molecule has 18 heavy (non-hydrogen) atoms. The standard InChI is InChI=1S/C13H14ClFN2O/c1-3-7(2)12-11(13(16)17-18-12)10-8(14)5-4-6-9(10)15/h4-7H,3H2,1-2H3,(H2,16,17). The Morgan fingerprint density at radius 3 is 2.78 bits per heavy atom. The lowest BCUT2D eigenvalue weighted by atomic mass is 9.97. The number of hydrogen-bond acceptors (Lipinski definition) is 3. The molecule has 0 aliphatic heterocycles. The number of anilines is 1. The Balaban J connectivity index is 2.67. The summed E-state index contributed by atoms with van der Waals surface area (Å²) in [6.45, 7) is 3.98. The van der Waals surface area contributed by atoms with Crippen LogP contribution in [0.15, 0.2) is 22.7 Å². The third-order valence-corrected chi connectivity index (χ3v) is 3.33. The van der Waals surface area contributed by atoms with Gasteiger partial charge in [0, 0.05) is 11.5 Å². The molecule has 0 aliphatic carbocycles. The van der Waals surface area contributed by atoms with Crippen molar-refractivity contribution in [1.82, 2.24) is 5.16 Å². The van der Waals surface area contributed by atoms with Gasteiger partial charge in [0.2, 0.25) is 0 Å². The highest BCUT2D eigenvalue weighted by Gasteiger charge is 2.24. The van der Waals surface area contributed by atoms with E-state index in [1.165, 1.54) is 6.07 Å². The van der Waals surface area contributed by atoms with Gasteiger partial charge in [0.05, 0.1) is 10.6 Å². The van der Waals surface area contributed by atoms with Crippen LogP contribution in [0.5, 0.6) is 0 Å². The predicted molar refractivity (Wildman–Crippen MR) is 70.0 cm³/mol. The fourth-order valence-corrected chi connectivity index (χ4v) is 2.08. The van der Waals surface area contributed by atoms with Crippen LogP contribution in [0.3, 0.4) is 0 Å². The average molecular weight is 269 g/mol. The van der Waals surface area contributed by atoms with Gasteiger partial charge < -0.3 is 10.3 Å². The topological polar surface area (TPSA) is 52.0 Å². The van der Waals surface area contributed by atoms with Crippen LogP contribution in [0.2, 0.25) is 5.02 Å². The van der Waals surface area contributed by atoms with E-state index < -0.39 is 5.82 Å². The Morgan fingerprint density at radius 1 is 1.44 bits per heavy atom. The van der Waals surface area contributed by atoms with E-state index in [-0.39, 0.29) is 17.3 Å². The minimum atomic E-state index is -0.429. The molecule has 1 atom stereocenters. The molecule has 2 N–H and O–H groups in total. The summed E-state index contributed by atoms with van der Waals surface area (Å²) in [4.78, 5) is 0. The Labute approximate surface area is 110 Å². The maximum Gasteiger partial charge on any atom is 0.175 e. The molecule has 1 aromatic heterocycles. The smallest absolute Gasteiger partial charge is 0.175 e. The van der Waals surface area contributed by atoms with E-state index in [0.717, 1.165) is 6.42 Å². The maximum absolute atomic E-state index is 13.9. The van der Waals surface area contributed by atoms with Gasteiger partial charge in [-0.15, -0.1) is 0 Å². The van der Waals surface area contributed by atoms with Gasteiger partial charge in [-0.25, -0.2) is 4.39 Å². The molecular formula is C13H14ClFN2O. The van der Waals surface area contributed by atoms with E-state index in [4.69, 9.17) is 21.9 Å².